The van der Waals surface area contributed by atoms with E-state index in [1.54, 1.807) is 0 Å². The SMILES string of the molecule is CN(C)C(=O)C12OC(=O)CC(O)(CC(=O)ON1C)C(=O)O2. The van der Waals surface area contributed by atoms with Crippen molar-refractivity contribution in [1.82, 2.24) is 9.96 Å². The summed E-state index contributed by atoms with van der Waals surface area (Å²) in [4.78, 5) is 53.5. The van der Waals surface area contributed by atoms with E-state index in [0.29, 0.717) is 5.06 Å². The lowest BCUT2D eigenvalue weighted by molar-refractivity contribution is -0.345. The molecule has 2 unspecified atom stereocenters. The van der Waals surface area contributed by atoms with Crippen LogP contribution >= 0.6 is 0 Å². The number of hydrogen-bond acceptors (Lipinski definition) is 9. The summed E-state index contributed by atoms with van der Waals surface area (Å²) >= 11 is 0. The molecule has 2 aliphatic rings. The van der Waals surface area contributed by atoms with Crippen LogP contribution in [0.15, 0.2) is 0 Å². The molecule has 2 fully saturated rings. The van der Waals surface area contributed by atoms with E-state index in [1.165, 1.54) is 14.1 Å². The summed E-state index contributed by atoms with van der Waals surface area (Å²) in [6.45, 7) is 0. The lowest BCUT2D eigenvalue weighted by Crippen LogP contribution is -2.63. The van der Waals surface area contributed by atoms with Gasteiger partial charge in [0.25, 0.3) is 0 Å². The van der Waals surface area contributed by atoms with Crippen molar-refractivity contribution >= 4 is 23.8 Å². The fourth-order valence-electron chi connectivity index (χ4n) is 1.99. The standard InChI is InChI=1S/C11H14N2O8/c1-12(2)8(16)11-13(3)21-7(15)5-10(18,9(17)20-11)4-6(14)19-11/h18H,4-5H2,1-3H3. The zero-order valence-corrected chi connectivity index (χ0v) is 11.6. The van der Waals surface area contributed by atoms with Crippen molar-refractivity contribution in [1.29, 1.82) is 0 Å². The molecule has 2 saturated heterocycles. The fourth-order valence-corrected chi connectivity index (χ4v) is 1.99. The molecule has 0 spiro atoms. The van der Waals surface area contributed by atoms with Crippen LogP contribution in [0.4, 0.5) is 0 Å². The Hall–Kier alpha value is -2.20. The molecule has 2 rings (SSSR count). The molecule has 1 N–H and O–H groups in total. The van der Waals surface area contributed by atoms with E-state index in [4.69, 9.17) is 14.3 Å². The predicted octanol–water partition coefficient (Wildman–Crippen LogP) is -2.26. The zero-order chi connectivity index (χ0) is 16.0. The van der Waals surface area contributed by atoms with Crippen LogP contribution < -0.4 is 0 Å². The van der Waals surface area contributed by atoms with Crippen LogP contribution in [0.3, 0.4) is 0 Å². The van der Waals surface area contributed by atoms with E-state index in [2.05, 4.69) is 0 Å². The quantitative estimate of drug-likeness (QED) is 0.535. The molecule has 0 aromatic carbocycles. The van der Waals surface area contributed by atoms with Gasteiger partial charge in [-0.3, -0.25) is 14.4 Å². The van der Waals surface area contributed by atoms with Crippen molar-refractivity contribution < 1.29 is 38.6 Å². The molecule has 2 heterocycles. The maximum atomic E-state index is 12.3. The van der Waals surface area contributed by atoms with Gasteiger partial charge in [0.1, 0.15) is 0 Å². The average Bonchev–Trinajstić information content (AvgIpc) is 2.41. The highest BCUT2D eigenvalue weighted by atomic mass is 16.8. The molecule has 2 aliphatic heterocycles. The van der Waals surface area contributed by atoms with Crippen LogP contribution in [0.25, 0.3) is 0 Å². The molecular formula is C11H14N2O8. The number of carbonyl (C=O) groups excluding carboxylic acids is 4. The second-order valence-electron chi connectivity index (χ2n) is 4.99. The Morgan fingerprint density at radius 1 is 1.19 bits per heavy atom. The normalized spacial score (nSPS) is 33.2. The summed E-state index contributed by atoms with van der Waals surface area (Å²) in [5.74, 6) is -6.97. The number of aliphatic hydroxyl groups is 1. The summed E-state index contributed by atoms with van der Waals surface area (Å²) < 4.78 is 9.77. The van der Waals surface area contributed by atoms with Crippen molar-refractivity contribution in [3.8, 4) is 0 Å². The summed E-state index contributed by atoms with van der Waals surface area (Å²) in [7, 11) is 3.74. The molecule has 2 atom stereocenters. The zero-order valence-electron chi connectivity index (χ0n) is 11.6. The molecule has 0 aromatic heterocycles. The molecule has 1 amide bonds. The first-order chi connectivity index (χ1) is 9.60. The molecule has 0 radical (unpaired) electrons. The minimum atomic E-state index is -2.60. The second kappa shape index (κ2) is 4.67. The Morgan fingerprint density at radius 3 is 2.33 bits per heavy atom. The maximum absolute atomic E-state index is 12.3. The number of carbonyl (C=O) groups is 4. The van der Waals surface area contributed by atoms with Gasteiger partial charge in [-0.05, 0) is 0 Å². The van der Waals surface area contributed by atoms with Crippen LogP contribution in [0.1, 0.15) is 12.8 Å². The molecule has 0 saturated carbocycles. The van der Waals surface area contributed by atoms with Crippen molar-refractivity contribution in [2.24, 2.45) is 0 Å². The van der Waals surface area contributed by atoms with Gasteiger partial charge in [0.15, 0.2) is 5.60 Å². The molecule has 10 nitrogen and oxygen atoms in total. The first-order valence-electron chi connectivity index (χ1n) is 5.95. The molecule has 116 valence electrons. The summed E-state index contributed by atoms with van der Waals surface area (Å²) in [5.41, 5.74) is -2.43. The van der Waals surface area contributed by atoms with Gasteiger partial charge in [-0.1, -0.05) is 5.06 Å². The van der Waals surface area contributed by atoms with Crippen molar-refractivity contribution in [2.45, 2.75) is 24.4 Å². The monoisotopic (exact) mass is 302 g/mol. The first-order valence-corrected chi connectivity index (χ1v) is 5.95. The number of rotatable bonds is 1. The van der Waals surface area contributed by atoms with E-state index < -0.39 is 48.2 Å². The van der Waals surface area contributed by atoms with Gasteiger partial charge < -0.3 is 24.3 Å². The number of likely N-dealkylation sites (N-methyl/N-ethyl adjacent to an activating group) is 2. The topological polar surface area (TPSA) is 123 Å². The Kier molecular flexibility index (Phi) is 3.38. The second-order valence-corrected chi connectivity index (χ2v) is 4.99. The predicted molar refractivity (Wildman–Crippen MR) is 61.6 cm³/mol. The fraction of sp³-hybridized carbons (Fsp3) is 0.636. The van der Waals surface area contributed by atoms with Gasteiger partial charge >= 0.3 is 29.7 Å². The molecule has 21 heavy (non-hydrogen) atoms. The van der Waals surface area contributed by atoms with Crippen LogP contribution in [0, 0.1) is 0 Å². The summed E-state index contributed by atoms with van der Waals surface area (Å²) in [6.07, 6.45) is -1.62. The third kappa shape index (κ3) is 2.32. The number of hydroxylamine groups is 2. The third-order valence-corrected chi connectivity index (χ3v) is 3.07. The number of esters is 2. The van der Waals surface area contributed by atoms with Gasteiger partial charge in [0, 0.05) is 21.1 Å². The average molecular weight is 302 g/mol. The summed E-state index contributed by atoms with van der Waals surface area (Å²) in [5, 5.41) is 10.7. The van der Waals surface area contributed by atoms with Gasteiger partial charge in [-0.2, -0.15) is 0 Å². The van der Waals surface area contributed by atoms with E-state index in [0.717, 1.165) is 11.9 Å². The minimum Gasteiger partial charge on any atom is -0.398 e. The largest absolute Gasteiger partial charge is 0.435 e. The highest BCUT2D eigenvalue weighted by Gasteiger charge is 2.62. The number of nitrogens with zero attached hydrogens (tertiary/aromatic N) is 2. The highest BCUT2D eigenvalue weighted by molar-refractivity contribution is 5.96. The number of ether oxygens (including phenoxy) is 2. The Morgan fingerprint density at radius 2 is 1.76 bits per heavy atom. The molecule has 0 aromatic rings. The number of hydrogen-bond donors (Lipinski definition) is 1. The van der Waals surface area contributed by atoms with E-state index >= 15 is 0 Å². The Balaban J connectivity index is 2.59. The van der Waals surface area contributed by atoms with Crippen molar-refractivity contribution in [3.63, 3.8) is 0 Å². The number of amides is 1. The first kappa shape index (κ1) is 15.2. The third-order valence-electron chi connectivity index (χ3n) is 3.07. The van der Waals surface area contributed by atoms with Gasteiger partial charge in [0.05, 0.1) is 12.8 Å². The lowest BCUT2D eigenvalue weighted by Gasteiger charge is -2.38. The van der Waals surface area contributed by atoms with Crippen LogP contribution in [0.5, 0.6) is 0 Å². The van der Waals surface area contributed by atoms with Crippen molar-refractivity contribution in [3.05, 3.63) is 0 Å². The molecule has 10 heteroatoms. The van der Waals surface area contributed by atoms with Gasteiger partial charge in [0.2, 0.25) is 0 Å². The van der Waals surface area contributed by atoms with Crippen LogP contribution in [-0.4, -0.2) is 71.5 Å². The van der Waals surface area contributed by atoms with E-state index in [9.17, 15) is 24.3 Å². The number of fused-ring (bicyclic) bond motifs is 3. The lowest BCUT2D eigenvalue weighted by atomic mass is 9.96. The van der Waals surface area contributed by atoms with E-state index in [1.807, 2.05) is 0 Å². The maximum Gasteiger partial charge on any atom is 0.435 e. The van der Waals surface area contributed by atoms with Crippen LogP contribution in [0.2, 0.25) is 0 Å². The molecule has 0 aliphatic carbocycles. The van der Waals surface area contributed by atoms with Gasteiger partial charge in [-0.15, -0.1) is 0 Å². The Bertz CT molecular complexity index is 532. The minimum absolute atomic E-state index is 0.540. The molecule has 2 bridgehead atoms. The molecular weight excluding hydrogens is 288 g/mol. The van der Waals surface area contributed by atoms with Gasteiger partial charge in [-0.25, -0.2) is 4.79 Å². The van der Waals surface area contributed by atoms with Crippen LogP contribution in [-0.2, 0) is 33.5 Å². The Labute approximate surface area is 119 Å². The van der Waals surface area contributed by atoms with Crippen molar-refractivity contribution in [2.75, 3.05) is 21.1 Å². The summed E-state index contributed by atoms with van der Waals surface area (Å²) in [6, 6.07) is 0. The highest BCUT2D eigenvalue weighted by Crippen LogP contribution is 2.34. The van der Waals surface area contributed by atoms with E-state index in [-0.39, 0.29) is 0 Å². The smallest absolute Gasteiger partial charge is 0.398 e.